The van der Waals surface area contributed by atoms with Crippen molar-refractivity contribution >= 4 is 32.4 Å². The maximum Gasteiger partial charge on any atom is 0.264 e. The van der Waals surface area contributed by atoms with E-state index in [0.717, 1.165) is 17.0 Å². The number of ether oxygens (including phenoxy) is 1. The maximum absolute atomic E-state index is 13.0. The molecule has 1 aromatic heterocycles. The third-order valence-electron chi connectivity index (χ3n) is 5.49. The highest BCUT2D eigenvalue weighted by Crippen LogP contribution is 2.28. The van der Waals surface area contributed by atoms with Gasteiger partial charge >= 0.3 is 0 Å². The van der Waals surface area contributed by atoms with E-state index in [1.54, 1.807) is 67.8 Å². The molecule has 8 nitrogen and oxygen atoms in total. The van der Waals surface area contributed by atoms with Gasteiger partial charge in [0.05, 0.1) is 52.6 Å². The molecule has 0 unspecified atom stereocenters. The molecule has 4 rings (SSSR count). The van der Waals surface area contributed by atoms with Crippen molar-refractivity contribution in [2.24, 2.45) is 7.05 Å². The van der Waals surface area contributed by atoms with Crippen LogP contribution in [0.15, 0.2) is 71.6 Å². The molecule has 0 aliphatic heterocycles. The molecule has 9 heteroatoms. The maximum atomic E-state index is 13.0. The molecule has 0 amide bonds. The molecule has 0 fully saturated rings. The Bertz CT molecular complexity index is 1460. The lowest BCUT2D eigenvalue weighted by Crippen LogP contribution is -2.26. The lowest BCUT2D eigenvalue weighted by atomic mass is 10.2. The number of nitriles is 1. The Hall–Kier alpha value is -4.03. The van der Waals surface area contributed by atoms with Crippen molar-refractivity contribution in [3.63, 3.8) is 0 Å². The summed E-state index contributed by atoms with van der Waals surface area (Å²) >= 11 is 0. The van der Waals surface area contributed by atoms with Crippen molar-refractivity contribution in [1.29, 1.82) is 5.26 Å². The van der Waals surface area contributed by atoms with E-state index in [1.165, 1.54) is 11.4 Å². The Balaban J connectivity index is 1.61. The zero-order chi connectivity index (χ0) is 23.6. The fourth-order valence-corrected chi connectivity index (χ4v) is 4.77. The third kappa shape index (κ3) is 4.21. The number of aromatic nitrogens is 2. The second-order valence-electron chi connectivity index (χ2n) is 7.43. The summed E-state index contributed by atoms with van der Waals surface area (Å²) in [6, 6.07) is 21.0. The average Bonchev–Trinajstić information content (AvgIpc) is 3.17. The van der Waals surface area contributed by atoms with E-state index in [4.69, 9.17) is 15.0 Å². The zero-order valence-electron chi connectivity index (χ0n) is 18.5. The van der Waals surface area contributed by atoms with Gasteiger partial charge in [-0.25, -0.2) is 13.4 Å². The number of sulfonamides is 1. The van der Waals surface area contributed by atoms with Crippen molar-refractivity contribution in [2.45, 2.75) is 11.4 Å². The number of methoxy groups -OCH3 is 1. The van der Waals surface area contributed by atoms with Gasteiger partial charge < -0.3 is 14.6 Å². The van der Waals surface area contributed by atoms with Crippen molar-refractivity contribution in [1.82, 2.24) is 9.55 Å². The number of aryl methyl sites for hydroxylation is 1. The molecule has 3 aromatic carbocycles. The Morgan fingerprint density at radius 2 is 1.88 bits per heavy atom. The van der Waals surface area contributed by atoms with Crippen LogP contribution < -0.4 is 14.4 Å². The second-order valence-corrected chi connectivity index (χ2v) is 9.40. The van der Waals surface area contributed by atoms with Crippen LogP contribution in [0.4, 0.5) is 11.4 Å². The van der Waals surface area contributed by atoms with Crippen LogP contribution in [0.1, 0.15) is 11.4 Å². The summed E-state index contributed by atoms with van der Waals surface area (Å²) in [6.07, 6.45) is 0. The van der Waals surface area contributed by atoms with Crippen LogP contribution in [-0.2, 0) is 23.6 Å². The van der Waals surface area contributed by atoms with Gasteiger partial charge in [-0.2, -0.15) is 5.26 Å². The predicted molar refractivity (Wildman–Crippen MR) is 128 cm³/mol. The molecule has 0 aliphatic rings. The van der Waals surface area contributed by atoms with Gasteiger partial charge in [-0.1, -0.05) is 18.2 Å². The minimum absolute atomic E-state index is 0.231. The number of fused-ring (bicyclic) bond motifs is 1. The van der Waals surface area contributed by atoms with Gasteiger partial charge in [0.15, 0.2) is 0 Å². The van der Waals surface area contributed by atoms with Crippen molar-refractivity contribution < 1.29 is 13.2 Å². The molecule has 1 N–H and O–H groups in total. The number of nitrogens with zero attached hydrogens (tertiary/aromatic N) is 4. The third-order valence-corrected chi connectivity index (χ3v) is 7.29. The molecule has 0 saturated carbocycles. The van der Waals surface area contributed by atoms with Gasteiger partial charge in [0.1, 0.15) is 11.6 Å². The van der Waals surface area contributed by atoms with Crippen LogP contribution in [0.25, 0.3) is 11.0 Å². The summed E-state index contributed by atoms with van der Waals surface area (Å²) in [4.78, 5) is 4.93. The summed E-state index contributed by atoms with van der Waals surface area (Å²) in [7, 11) is 1.32. The van der Waals surface area contributed by atoms with Crippen LogP contribution >= 0.6 is 0 Å². The Morgan fingerprint density at radius 3 is 2.58 bits per heavy atom. The van der Waals surface area contributed by atoms with E-state index in [2.05, 4.69) is 11.4 Å². The smallest absolute Gasteiger partial charge is 0.264 e. The Labute approximate surface area is 192 Å². The number of nitrogens with one attached hydrogen (secondary N) is 1. The van der Waals surface area contributed by atoms with Crippen molar-refractivity contribution in [3.05, 3.63) is 78.1 Å². The summed E-state index contributed by atoms with van der Waals surface area (Å²) in [5.41, 5.74) is 3.36. The molecule has 0 radical (unpaired) electrons. The summed E-state index contributed by atoms with van der Waals surface area (Å²) in [6.45, 7) is 0.418. The predicted octanol–water partition coefficient (Wildman–Crippen LogP) is 3.89. The van der Waals surface area contributed by atoms with Gasteiger partial charge in [0, 0.05) is 20.2 Å². The van der Waals surface area contributed by atoms with E-state index < -0.39 is 10.0 Å². The first-order valence-corrected chi connectivity index (χ1v) is 11.6. The number of hydrogen-bond acceptors (Lipinski definition) is 6. The standard InChI is InChI=1S/C24H23N5O3S/c1-28-22-12-10-18(29(2)33(30,31)19-7-5-4-6-8-19)14-21(22)27-24(28)16-26-20-11-9-17(15-25)13-23(20)32-3/h4-14,26H,16H2,1-3H3. The first-order valence-electron chi connectivity index (χ1n) is 10.2. The minimum atomic E-state index is -3.67. The first kappa shape index (κ1) is 22.2. The van der Waals surface area contributed by atoms with Crippen LogP contribution in [0.3, 0.4) is 0 Å². The minimum Gasteiger partial charge on any atom is -0.495 e. The fraction of sp³-hybridized carbons (Fsp3) is 0.167. The van der Waals surface area contributed by atoms with Crippen molar-refractivity contribution in [2.75, 3.05) is 23.8 Å². The molecule has 33 heavy (non-hydrogen) atoms. The van der Waals surface area contributed by atoms with E-state index in [0.29, 0.717) is 29.1 Å². The molecule has 1 heterocycles. The number of anilines is 2. The number of benzene rings is 3. The molecule has 4 aromatic rings. The van der Waals surface area contributed by atoms with Crippen molar-refractivity contribution in [3.8, 4) is 11.8 Å². The quantitative estimate of drug-likeness (QED) is 0.448. The first-order chi connectivity index (χ1) is 15.8. The molecule has 0 aliphatic carbocycles. The second kappa shape index (κ2) is 8.84. The highest BCUT2D eigenvalue weighted by atomic mass is 32.2. The van der Waals surface area contributed by atoms with Gasteiger partial charge in [-0.05, 0) is 42.5 Å². The van der Waals surface area contributed by atoms with E-state index in [1.807, 2.05) is 17.7 Å². The molecule has 0 atom stereocenters. The van der Waals surface area contributed by atoms with Gasteiger partial charge in [-0.3, -0.25) is 4.31 Å². The molecular formula is C24H23N5O3S. The summed E-state index contributed by atoms with van der Waals surface area (Å²) in [5.74, 6) is 1.34. The lowest BCUT2D eigenvalue weighted by Gasteiger charge is -2.19. The Kier molecular flexibility index (Phi) is 5.94. The number of rotatable bonds is 7. The lowest BCUT2D eigenvalue weighted by molar-refractivity contribution is 0.416. The van der Waals surface area contributed by atoms with Crippen LogP contribution in [0.2, 0.25) is 0 Å². The normalized spacial score (nSPS) is 11.2. The van der Waals surface area contributed by atoms with Crippen LogP contribution in [-0.4, -0.2) is 32.1 Å². The molecule has 0 bridgehead atoms. The molecule has 168 valence electrons. The average molecular weight is 462 g/mol. The topological polar surface area (TPSA) is 100 Å². The SMILES string of the molecule is COc1cc(C#N)ccc1NCc1nc2cc(N(C)S(=O)(=O)c3ccccc3)ccc2n1C. The number of imidazole rings is 1. The zero-order valence-corrected chi connectivity index (χ0v) is 19.3. The van der Waals surface area contributed by atoms with E-state index in [9.17, 15) is 8.42 Å². The summed E-state index contributed by atoms with van der Waals surface area (Å²) < 4.78 is 34.5. The van der Waals surface area contributed by atoms with Gasteiger partial charge in [-0.15, -0.1) is 0 Å². The van der Waals surface area contributed by atoms with E-state index >= 15 is 0 Å². The monoisotopic (exact) mass is 461 g/mol. The van der Waals surface area contributed by atoms with Gasteiger partial charge in [0.2, 0.25) is 0 Å². The molecule has 0 spiro atoms. The van der Waals surface area contributed by atoms with Crippen LogP contribution in [0.5, 0.6) is 5.75 Å². The fourth-order valence-electron chi connectivity index (χ4n) is 3.56. The van der Waals surface area contributed by atoms with Crippen LogP contribution in [0, 0.1) is 11.3 Å². The largest absolute Gasteiger partial charge is 0.495 e. The summed E-state index contributed by atoms with van der Waals surface area (Å²) in [5, 5.41) is 12.4. The van der Waals surface area contributed by atoms with E-state index in [-0.39, 0.29) is 4.90 Å². The molecule has 0 saturated heterocycles. The highest BCUT2D eigenvalue weighted by Gasteiger charge is 2.22. The molecular weight excluding hydrogens is 438 g/mol. The number of hydrogen-bond donors (Lipinski definition) is 1. The Morgan fingerprint density at radius 1 is 1.12 bits per heavy atom. The van der Waals surface area contributed by atoms with Gasteiger partial charge in [0.25, 0.3) is 10.0 Å². The highest BCUT2D eigenvalue weighted by molar-refractivity contribution is 7.92.